The molecule has 0 unspecified atom stereocenters. The zero-order chi connectivity index (χ0) is 25.9. The van der Waals surface area contributed by atoms with Gasteiger partial charge in [0, 0.05) is 51.5 Å². The fraction of sp³-hybridized carbons (Fsp3) is 0.385. The lowest BCUT2D eigenvalue weighted by Crippen LogP contribution is -2.51. The molecule has 3 amide bonds. The average Bonchev–Trinajstić information content (AvgIpc) is 2.82. The topological polar surface area (TPSA) is 123 Å². The van der Waals surface area contributed by atoms with Gasteiger partial charge in [0.25, 0.3) is 5.91 Å². The lowest BCUT2D eigenvalue weighted by atomic mass is 9.82. The van der Waals surface area contributed by atoms with Gasteiger partial charge >= 0.3 is 0 Å². The van der Waals surface area contributed by atoms with Gasteiger partial charge in [-0.3, -0.25) is 19.2 Å². The molecule has 0 saturated carbocycles. The summed E-state index contributed by atoms with van der Waals surface area (Å²) < 4.78 is 17.2. The molecule has 2 aliphatic rings. The predicted molar refractivity (Wildman–Crippen MR) is 132 cm³/mol. The van der Waals surface area contributed by atoms with Crippen molar-refractivity contribution in [2.24, 2.45) is 0 Å². The Labute approximate surface area is 208 Å². The first-order valence-electron chi connectivity index (χ1n) is 11.7. The van der Waals surface area contributed by atoms with Gasteiger partial charge in [-0.25, -0.2) is 0 Å². The average molecular weight is 496 g/mol. The van der Waals surface area contributed by atoms with Gasteiger partial charge in [-0.2, -0.15) is 0 Å². The van der Waals surface area contributed by atoms with E-state index in [1.54, 1.807) is 41.3 Å². The molecule has 0 bridgehead atoms. The van der Waals surface area contributed by atoms with E-state index in [1.807, 2.05) is 0 Å². The van der Waals surface area contributed by atoms with Crippen LogP contribution >= 0.6 is 0 Å². The summed E-state index contributed by atoms with van der Waals surface area (Å²) in [6, 6.07) is 9.78. The second kappa shape index (κ2) is 10.3. The summed E-state index contributed by atoms with van der Waals surface area (Å²) in [6.07, 6.45) is 1.42. The number of rotatable bonds is 6. The Morgan fingerprint density at radius 1 is 1.06 bits per heavy atom. The smallest absolute Gasteiger partial charge is 0.262 e. The number of fused-ring (bicyclic) bond motifs is 1. The van der Waals surface area contributed by atoms with Gasteiger partial charge in [0.1, 0.15) is 22.8 Å². The van der Waals surface area contributed by atoms with Gasteiger partial charge < -0.3 is 29.7 Å². The summed E-state index contributed by atoms with van der Waals surface area (Å²) >= 11 is 0. The van der Waals surface area contributed by atoms with Gasteiger partial charge in [-0.15, -0.1) is 0 Å². The summed E-state index contributed by atoms with van der Waals surface area (Å²) in [4.78, 5) is 50.1. The number of Topliss-reactive ketones (excluding diaryl/α,β-unsaturated/α-hetero) is 1. The molecule has 2 aromatic carbocycles. The minimum Gasteiger partial charge on any atom is -0.495 e. The molecule has 2 aromatic rings. The zero-order valence-electron chi connectivity index (χ0n) is 20.5. The SMILES string of the molecule is COc1ccc(NC(C)=O)cc1NC(=O)COc1ccc2c(c1)OC1(CCN(C(C)=O)CC1)CC2=O. The van der Waals surface area contributed by atoms with Crippen LogP contribution in [-0.2, 0) is 14.4 Å². The standard InChI is InChI=1S/C26H29N3O7/c1-16(30)27-18-4-7-23(34-3)21(12-18)28-25(33)15-35-19-5-6-20-22(32)14-26(36-24(20)13-19)8-10-29(11-9-26)17(2)31/h4-7,12-13H,8-11,14-15H2,1-3H3,(H,27,30)(H,28,33). The maximum absolute atomic E-state index is 12.8. The molecule has 0 radical (unpaired) electrons. The highest BCUT2D eigenvalue weighted by atomic mass is 16.5. The number of anilines is 2. The van der Waals surface area contributed by atoms with Crippen molar-refractivity contribution in [1.82, 2.24) is 4.90 Å². The van der Waals surface area contributed by atoms with Crippen molar-refractivity contribution < 1.29 is 33.4 Å². The van der Waals surface area contributed by atoms with E-state index in [1.165, 1.54) is 21.0 Å². The van der Waals surface area contributed by atoms with E-state index in [0.29, 0.717) is 60.1 Å². The van der Waals surface area contributed by atoms with E-state index in [4.69, 9.17) is 14.2 Å². The predicted octanol–water partition coefficient (Wildman–Crippen LogP) is 3.02. The minimum atomic E-state index is -0.637. The molecular weight excluding hydrogens is 466 g/mol. The lowest BCUT2D eigenvalue weighted by molar-refractivity contribution is -0.132. The highest BCUT2D eigenvalue weighted by Crippen LogP contribution is 2.40. The first kappa shape index (κ1) is 25.0. The number of piperidine rings is 1. The van der Waals surface area contributed by atoms with Gasteiger partial charge in [0.2, 0.25) is 11.8 Å². The van der Waals surface area contributed by atoms with Crippen LogP contribution in [0.1, 0.15) is 43.5 Å². The Morgan fingerprint density at radius 2 is 1.81 bits per heavy atom. The molecule has 4 rings (SSSR count). The van der Waals surface area contributed by atoms with E-state index < -0.39 is 11.5 Å². The fourth-order valence-electron chi connectivity index (χ4n) is 4.49. The number of ketones is 1. The Kier molecular flexibility index (Phi) is 7.14. The van der Waals surface area contributed by atoms with Crippen molar-refractivity contribution in [2.45, 2.75) is 38.7 Å². The van der Waals surface area contributed by atoms with Crippen LogP contribution < -0.4 is 24.8 Å². The molecule has 10 heteroatoms. The van der Waals surface area contributed by atoms with E-state index in [9.17, 15) is 19.2 Å². The van der Waals surface area contributed by atoms with E-state index in [0.717, 1.165) is 0 Å². The number of ether oxygens (including phenoxy) is 3. The number of benzene rings is 2. The molecule has 2 N–H and O–H groups in total. The quantitative estimate of drug-likeness (QED) is 0.631. The Balaban J connectivity index is 1.41. The lowest BCUT2D eigenvalue weighted by Gasteiger charge is -2.43. The van der Waals surface area contributed by atoms with Crippen LogP contribution in [0.5, 0.6) is 17.2 Å². The van der Waals surface area contributed by atoms with E-state index in [-0.39, 0.29) is 30.6 Å². The van der Waals surface area contributed by atoms with E-state index >= 15 is 0 Å². The highest BCUT2D eigenvalue weighted by Gasteiger charge is 2.43. The van der Waals surface area contributed by atoms with Gasteiger partial charge in [0.05, 0.1) is 24.8 Å². The Bertz CT molecular complexity index is 1200. The summed E-state index contributed by atoms with van der Waals surface area (Å²) in [6.45, 7) is 3.72. The van der Waals surface area contributed by atoms with Crippen LogP contribution in [0.15, 0.2) is 36.4 Å². The first-order valence-corrected chi connectivity index (χ1v) is 11.7. The Hall–Kier alpha value is -4.08. The van der Waals surface area contributed by atoms with Crippen molar-refractivity contribution in [2.75, 3.05) is 37.4 Å². The monoisotopic (exact) mass is 495 g/mol. The number of carbonyl (C=O) groups excluding carboxylic acids is 4. The van der Waals surface area contributed by atoms with Gasteiger partial charge in [0.15, 0.2) is 12.4 Å². The number of methoxy groups -OCH3 is 1. The highest BCUT2D eigenvalue weighted by molar-refractivity contribution is 6.00. The molecule has 1 spiro atoms. The molecule has 190 valence electrons. The molecular formula is C26H29N3O7. The molecule has 0 aliphatic carbocycles. The molecule has 2 aliphatic heterocycles. The van der Waals surface area contributed by atoms with Crippen LogP contribution in [0.25, 0.3) is 0 Å². The third-order valence-corrected chi connectivity index (χ3v) is 6.35. The first-order chi connectivity index (χ1) is 17.2. The van der Waals surface area contributed by atoms with Crippen molar-refractivity contribution in [1.29, 1.82) is 0 Å². The summed E-state index contributed by atoms with van der Waals surface area (Å²) in [5, 5.41) is 5.37. The number of carbonyl (C=O) groups is 4. The molecule has 10 nitrogen and oxygen atoms in total. The summed E-state index contributed by atoms with van der Waals surface area (Å²) in [7, 11) is 1.48. The van der Waals surface area contributed by atoms with Crippen molar-refractivity contribution >= 4 is 34.9 Å². The summed E-state index contributed by atoms with van der Waals surface area (Å²) in [5.74, 6) is 0.568. The van der Waals surface area contributed by atoms with Crippen LogP contribution in [0, 0.1) is 0 Å². The molecule has 0 aromatic heterocycles. The van der Waals surface area contributed by atoms with Crippen LogP contribution in [-0.4, -0.2) is 60.8 Å². The molecule has 36 heavy (non-hydrogen) atoms. The van der Waals surface area contributed by atoms with Gasteiger partial charge in [-0.1, -0.05) is 0 Å². The van der Waals surface area contributed by atoms with Crippen molar-refractivity contribution in [3.63, 3.8) is 0 Å². The molecule has 2 heterocycles. The molecule has 0 atom stereocenters. The normalized spacial score (nSPS) is 16.0. The van der Waals surface area contributed by atoms with Crippen LogP contribution in [0.4, 0.5) is 11.4 Å². The second-order valence-electron chi connectivity index (χ2n) is 8.98. The number of hydrogen-bond donors (Lipinski definition) is 2. The van der Waals surface area contributed by atoms with Crippen LogP contribution in [0.2, 0.25) is 0 Å². The zero-order valence-corrected chi connectivity index (χ0v) is 20.5. The number of amides is 3. The second-order valence-corrected chi connectivity index (χ2v) is 8.98. The van der Waals surface area contributed by atoms with E-state index in [2.05, 4.69) is 10.6 Å². The van der Waals surface area contributed by atoms with Crippen molar-refractivity contribution in [3.05, 3.63) is 42.0 Å². The largest absolute Gasteiger partial charge is 0.495 e. The number of likely N-dealkylation sites (tertiary alicyclic amines) is 1. The third-order valence-electron chi connectivity index (χ3n) is 6.35. The number of nitrogens with one attached hydrogen (secondary N) is 2. The molecule has 1 saturated heterocycles. The number of hydrogen-bond acceptors (Lipinski definition) is 7. The number of nitrogens with zero attached hydrogens (tertiary/aromatic N) is 1. The Morgan fingerprint density at radius 3 is 2.47 bits per heavy atom. The summed E-state index contributed by atoms with van der Waals surface area (Å²) in [5.41, 5.74) is 0.738. The fourth-order valence-corrected chi connectivity index (χ4v) is 4.49. The van der Waals surface area contributed by atoms with Crippen molar-refractivity contribution in [3.8, 4) is 17.2 Å². The molecule has 1 fully saturated rings. The maximum atomic E-state index is 12.8. The van der Waals surface area contributed by atoms with Gasteiger partial charge in [-0.05, 0) is 30.3 Å². The van der Waals surface area contributed by atoms with Crippen LogP contribution in [0.3, 0.4) is 0 Å². The maximum Gasteiger partial charge on any atom is 0.262 e. The minimum absolute atomic E-state index is 0.0111. The third kappa shape index (κ3) is 5.59.